The quantitative estimate of drug-likeness (QED) is 0.0709. The highest BCUT2D eigenvalue weighted by Crippen LogP contribution is 2.32. The van der Waals surface area contributed by atoms with Gasteiger partial charge in [0, 0.05) is 48.2 Å². The van der Waals surface area contributed by atoms with Gasteiger partial charge < -0.3 is 25.7 Å². The van der Waals surface area contributed by atoms with Crippen LogP contribution in [0.5, 0.6) is 0 Å². The molecular formula is C50H54N4O8S. The number of hydrogen-bond acceptors (Lipinski definition) is 8. The van der Waals surface area contributed by atoms with Crippen LogP contribution in [0.4, 0.5) is 17.1 Å². The molecule has 4 N–H and O–H groups in total. The van der Waals surface area contributed by atoms with E-state index >= 15 is 0 Å². The van der Waals surface area contributed by atoms with E-state index < -0.39 is 39.8 Å². The predicted octanol–water partition coefficient (Wildman–Crippen LogP) is 8.54. The Balaban J connectivity index is 1.02. The van der Waals surface area contributed by atoms with E-state index in [-0.39, 0.29) is 40.1 Å². The van der Waals surface area contributed by atoms with Gasteiger partial charge in [0.25, 0.3) is 11.8 Å². The number of sulfonamides is 1. The predicted molar refractivity (Wildman–Crippen MR) is 244 cm³/mol. The van der Waals surface area contributed by atoms with Gasteiger partial charge >= 0.3 is 5.97 Å². The summed E-state index contributed by atoms with van der Waals surface area (Å²) in [6, 6.07) is 34.5. The van der Waals surface area contributed by atoms with Crippen LogP contribution in [0.1, 0.15) is 106 Å². The Morgan fingerprint density at radius 3 is 1.98 bits per heavy atom. The van der Waals surface area contributed by atoms with Crippen LogP contribution < -0.4 is 15.5 Å². The van der Waals surface area contributed by atoms with Gasteiger partial charge in [-0.25, -0.2) is 8.42 Å². The molecule has 0 spiro atoms. The Hall–Kier alpha value is -6.15. The number of anilines is 3. The molecular weight excluding hydrogens is 817 g/mol. The minimum Gasteiger partial charge on any atom is -0.481 e. The molecule has 5 aromatic carbocycles. The molecule has 2 amide bonds. The fraction of sp³-hybridized carbons (Fsp3) is 0.320. The average Bonchev–Trinajstić information content (AvgIpc) is 3.32. The molecule has 7 rings (SSSR count). The summed E-state index contributed by atoms with van der Waals surface area (Å²) >= 11 is 0. The highest BCUT2D eigenvalue weighted by Gasteiger charge is 2.35. The van der Waals surface area contributed by atoms with Gasteiger partial charge in [0.05, 0.1) is 22.1 Å². The molecule has 328 valence electrons. The van der Waals surface area contributed by atoms with Crippen LogP contribution in [0, 0.1) is 5.92 Å². The van der Waals surface area contributed by atoms with Crippen molar-refractivity contribution < 1.29 is 37.8 Å². The lowest BCUT2D eigenvalue weighted by molar-refractivity contribution is -0.143. The fourth-order valence-corrected chi connectivity index (χ4v) is 10.3. The van der Waals surface area contributed by atoms with Crippen molar-refractivity contribution >= 4 is 50.7 Å². The Labute approximate surface area is 369 Å². The molecule has 1 atom stereocenters. The summed E-state index contributed by atoms with van der Waals surface area (Å²) in [5, 5.41) is 25.9. The number of nitrogens with zero attached hydrogens (tertiary/aromatic N) is 2. The first-order valence-electron chi connectivity index (χ1n) is 21.7. The maximum Gasteiger partial charge on any atom is 0.306 e. The number of carbonyl (C=O) groups excluding carboxylic acids is 3. The van der Waals surface area contributed by atoms with Gasteiger partial charge in [-0.15, -0.1) is 0 Å². The maximum absolute atomic E-state index is 14.0. The molecule has 2 fully saturated rings. The SMILES string of the molecule is CCN([C@H]1CC[C@H](C(=O)O)CC1)S(=O)(=O)c1cccc(C(=O)Nc2ccc(N3CCCCC3)cc2C(=O)Nc2ccc(CCc3ccc(C(O)C(=O)c4ccccc4)cc3)cc2)c1. The molecule has 2 aliphatic rings. The summed E-state index contributed by atoms with van der Waals surface area (Å²) in [4.78, 5) is 54.3. The zero-order valence-corrected chi connectivity index (χ0v) is 36.2. The second kappa shape index (κ2) is 20.4. The van der Waals surface area contributed by atoms with E-state index in [0.717, 1.165) is 62.0 Å². The number of aryl methyl sites for hydroxylation is 2. The van der Waals surface area contributed by atoms with Crippen LogP contribution >= 0.6 is 0 Å². The molecule has 1 saturated heterocycles. The zero-order valence-electron chi connectivity index (χ0n) is 35.4. The highest BCUT2D eigenvalue weighted by atomic mass is 32.2. The van der Waals surface area contributed by atoms with Crippen LogP contribution in [0.15, 0.2) is 126 Å². The van der Waals surface area contributed by atoms with E-state index in [4.69, 9.17) is 0 Å². The number of Topliss-reactive ketones (excluding diaryl/α,β-unsaturated/α-hetero) is 1. The Kier molecular flexibility index (Phi) is 14.5. The highest BCUT2D eigenvalue weighted by molar-refractivity contribution is 7.89. The lowest BCUT2D eigenvalue weighted by Crippen LogP contribution is -2.42. The van der Waals surface area contributed by atoms with Gasteiger partial charge in [-0.05, 0) is 123 Å². The van der Waals surface area contributed by atoms with Crippen LogP contribution in [0.2, 0.25) is 0 Å². The minimum atomic E-state index is -4.01. The van der Waals surface area contributed by atoms with Gasteiger partial charge in [0.15, 0.2) is 5.78 Å². The summed E-state index contributed by atoms with van der Waals surface area (Å²) in [5.74, 6) is -2.68. The van der Waals surface area contributed by atoms with Crippen molar-refractivity contribution in [1.29, 1.82) is 0 Å². The summed E-state index contributed by atoms with van der Waals surface area (Å²) < 4.78 is 29.3. The van der Waals surface area contributed by atoms with Gasteiger partial charge in [0.1, 0.15) is 6.10 Å². The zero-order chi connectivity index (χ0) is 44.5. The van der Waals surface area contributed by atoms with Crippen molar-refractivity contribution in [3.8, 4) is 0 Å². The number of carbonyl (C=O) groups is 4. The van der Waals surface area contributed by atoms with Crippen molar-refractivity contribution in [3.05, 3.63) is 155 Å². The third-order valence-corrected chi connectivity index (χ3v) is 14.2. The normalized spacial score (nSPS) is 17.2. The van der Waals surface area contributed by atoms with Crippen molar-refractivity contribution in [2.24, 2.45) is 5.92 Å². The van der Waals surface area contributed by atoms with E-state index in [1.165, 1.54) is 28.6 Å². The first-order valence-corrected chi connectivity index (χ1v) is 23.2. The van der Waals surface area contributed by atoms with Crippen LogP contribution in [-0.4, -0.2) is 72.2 Å². The minimum absolute atomic E-state index is 0.0378. The van der Waals surface area contributed by atoms with Crippen LogP contribution in [-0.2, 0) is 27.7 Å². The van der Waals surface area contributed by atoms with Crippen LogP contribution in [0.3, 0.4) is 0 Å². The molecule has 1 heterocycles. The number of nitrogens with one attached hydrogen (secondary N) is 2. The largest absolute Gasteiger partial charge is 0.481 e. The Bertz CT molecular complexity index is 2520. The summed E-state index contributed by atoms with van der Waals surface area (Å²) in [6.45, 7) is 3.66. The summed E-state index contributed by atoms with van der Waals surface area (Å²) in [5.41, 5.74) is 5.16. The topological polar surface area (TPSA) is 173 Å². The smallest absolute Gasteiger partial charge is 0.306 e. The van der Waals surface area contributed by atoms with Gasteiger partial charge in [-0.3, -0.25) is 19.2 Å². The number of rotatable bonds is 16. The lowest BCUT2D eigenvalue weighted by Gasteiger charge is -2.34. The monoisotopic (exact) mass is 870 g/mol. The van der Waals surface area contributed by atoms with E-state index in [1.807, 2.05) is 48.5 Å². The number of aliphatic hydroxyl groups is 1. The van der Waals surface area contributed by atoms with Gasteiger partial charge in [-0.2, -0.15) is 4.31 Å². The van der Waals surface area contributed by atoms with Crippen LogP contribution in [0.25, 0.3) is 0 Å². The Morgan fingerprint density at radius 1 is 0.714 bits per heavy atom. The Morgan fingerprint density at radius 2 is 1.35 bits per heavy atom. The average molecular weight is 871 g/mol. The molecule has 12 nitrogen and oxygen atoms in total. The number of aliphatic carboxylic acids is 1. The van der Waals surface area contributed by atoms with E-state index in [9.17, 15) is 37.8 Å². The number of piperidine rings is 1. The second-order valence-electron chi connectivity index (χ2n) is 16.3. The molecule has 0 aromatic heterocycles. The molecule has 1 aliphatic carbocycles. The van der Waals surface area contributed by atoms with Crippen molar-refractivity contribution in [2.45, 2.75) is 81.8 Å². The third-order valence-electron chi connectivity index (χ3n) is 12.2. The molecule has 1 unspecified atom stereocenters. The lowest BCUT2D eigenvalue weighted by atomic mass is 9.86. The number of aliphatic hydroxyl groups excluding tert-OH is 1. The number of carboxylic acids is 1. The van der Waals surface area contributed by atoms with E-state index in [1.54, 1.807) is 55.5 Å². The fourth-order valence-electron chi connectivity index (χ4n) is 8.56. The second-order valence-corrected chi connectivity index (χ2v) is 18.2. The molecule has 63 heavy (non-hydrogen) atoms. The van der Waals surface area contributed by atoms with Crippen molar-refractivity contribution in [1.82, 2.24) is 4.31 Å². The van der Waals surface area contributed by atoms with Crippen molar-refractivity contribution in [2.75, 3.05) is 35.2 Å². The standard InChI is InChI=1S/C50H54N4O8S/c1-2-54(41-26-22-38(23-27-41)50(59)60)63(61,62)43-13-9-12-39(32-43)48(57)52-45-29-28-42(53-30-7-4-8-31-53)33-44(45)49(58)51-40-24-18-35(19-25-40)15-14-34-16-20-37(21-17-34)47(56)46(55)36-10-5-3-6-11-36/h3,5-6,9-13,16-21,24-25,28-29,32-33,38,41,47,56H,2,4,7-8,14-15,22-23,26-27,30-31H2,1H3,(H,51,58)(H,52,57)(H,59,60)/t38-,41-,47?. The molecule has 0 radical (unpaired) electrons. The number of hydrogen-bond donors (Lipinski definition) is 4. The molecule has 0 bridgehead atoms. The molecule has 1 saturated carbocycles. The number of ketones is 1. The molecule has 1 aliphatic heterocycles. The summed E-state index contributed by atoms with van der Waals surface area (Å²) in [6.07, 6.45) is 5.10. The van der Waals surface area contributed by atoms with E-state index in [0.29, 0.717) is 42.5 Å². The summed E-state index contributed by atoms with van der Waals surface area (Å²) in [7, 11) is -4.01. The first kappa shape index (κ1) is 44.9. The molecule has 5 aromatic rings. The number of benzene rings is 5. The van der Waals surface area contributed by atoms with E-state index in [2.05, 4.69) is 15.5 Å². The van der Waals surface area contributed by atoms with Crippen molar-refractivity contribution in [3.63, 3.8) is 0 Å². The number of amides is 2. The first-order chi connectivity index (χ1) is 30.4. The maximum atomic E-state index is 14.0. The third kappa shape index (κ3) is 10.9. The molecule has 13 heteroatoms. The number of carboxylic acid groups (broad SMARTS) is 1. The van der Waals surface area contributed by atoms with Gasteiger partial charge in [0.2, 0.25) is 10.0 Å². The van der Waals surface area contributed by atoms with Gasteiger partial charge in [-0.1, -0.05) is 79.7 Å².